The lowest BCUT2D eigenvalue weighted by molar-refractivity contribution is -0.117. The van der Waals surface area contributed by atoms with Crippen LogP contribution in [0.2, 0.25) is 5.02 Å². The van der Waals surface area contributed by atoms with Crippen molar-refractivity contribution in [3.05, 3.63) is 77.3 Å². The average molecular weight is 482 g/mol. The Morgan fingerprint density at radius 1 is 1.09 bits per heavy atom. The number of hydrogen-bond donors (Lipinski definition) is 2. The van der Waals surface area contributed by atoms with Gasteiger partial charge in [-0.1, -0.05) is 24.6 Å². The zero-order chi connectivity index (χ0) is 22.5. The molecule has 0 fully saturated rings. The molecule has 2 N–H and O–H groups in total. The molecule has 32 heavy (non-hydrogen) atoms. The summed E-state index contributed by atoms with van der Waals surface area (Å²) in [6.45, 7) is 2.11. The number of thioether (sulfide) groups is 1. The summed E-state index contributed by atoms with van der Waals surface area (Å²) in [5.41, 5.74) is 4.45. The molecule has 8 heteroatoms. The molecular formula is C24H20ClN3O2S2. The van der Waals surface area contributed by atoms with E-state index in [0.29, 0.717) is 10.9 Å². The van der Waals surface area contributed by atoms with E-state index in [1.165, 1.54) is 17.3 Å². The van der Waals surface area contributed by atoms with Crippen LogP contribution in [0.3, 0.4) is 0 Å². The van der Waals surface area contributed by atoms with Crippen LogP contribution in [-0.4, -0.2) is 21.8 Å². The molecule has 0 saturated carbocycles. The highest BCUT2D eigenvalue weighted by Crippen LogP contribution is 2.26. The molecule has 4 aromatic rings. The molecule has 0 atom stereocenters. The van der Waals surface area contributed by atoms with Gasteiger partial charge >= 0.3 is 0 Å². The van der Waals surface area contributed by atoms with Crippen molar-refractivity contribution in [2.45, 2.75) is 18.2 Å². The summed E-state index contributed by atoms with van der Waals surface area (Å²) in [7, 11) is 0. The minimum atomic E-state index is -0.183. The van der Waals surface area contributed by atoms with Gasteiger partial charge in [0.25, 0.3) is 0 Å². The van der Waals surface area contributed by atoms with E-state index < -0.39 is 0 Å². The lowest BCUT2D eigenvalue weighted by Gasteiger charge is -2.10. The van der Waals surface area contributed by atoms with Crippen LogP contribution in [0.4, 0.5) is 5.69 Å². The van der Waals surface area contributed by atoms with Gasteiger partial charge in [0.1, 0.15) is 5.52 Å². The maximum Gasteiger partial charge on any atom is 0.236 e. The Bertz CT molecular complexity index is 1250. The molecular weight excluding hydrogens is 462 g/mol. The number of halogens is 1. The molecule has 0 aliphatic rings. The van der Waals surface area contributed by atoms with Crippen molar-refractivity contribution in [3.8, 4) is 11.5 Å². The number of aryl methyl sites for hydroxylation is 1. The van der Waals surface area contributed by atoms with Crippen LogP contribution in [-0.2, 0) is 11.2 Å². The highest BCUT2D eigenvalue weighted by Gasteiger charge is 2.10. The number of nitrogens with zero attached hydrogens (tertiary/aromatic N) is 1. The number of nitrogens with one attached hydrogen (secondary N) is 2. The number of carbonyl (C=O) groups is 1. The van der Waals surface area contributed by atoms with Crippen LogP contribution in [0.5, 0.6) is 0 Å². The topological polar surface area (TPSA) is 67.2 Å². The second-order valence-corrected chi connectivity index (χ2v) is 8.89. The maximum atomic E-state index is 12.1. The summed E-state index contributed by atoms with van der Waals surface area (Å²) in [5.74, 6) is 0.631. The van der Waals surface area contributed by atoms with E-state index in [2.05, 4.69) is 22.5 Å². The van der Waals surface area contributed by atoms with Crippen molar-refractivity contribution in [2.75, 3.05) is 11.1 Å². The number of hydrogen-bond acceptors (Lipinski definition) is 5. The van der Waals surface area contributed by atoms with Crippen molar-refractivity contribution in [3.63, 3.8) is 0 Å². The summed E-state index contributed by atoms with van der Waals surface area (Å²) in [5, 5.41) is 6.62. The summed E-state index contributed by atoms with van der Waals surface area (Å²) in [4.78, 5) is 17.7. The molecule has 1 amide bonds. The van der Waals surface area contributed by atoms with Gasteiger partial charge in [-0.25, -0.2) is 4.98 Å². The predicted octanol–water partition coefficient (Wildman–Crippen LogP) is 6.32. The van der Waals surface area contributed by atoms with Crippen LogP contribution in [0, 0.1) is 0 Å². The number of fused-ring (bicyclic) bond motifs is 1. The Hall–Kier alpha value is -2.87. The molecule has 3 aromatic carbocycles. The van der Waals surface area contributed by atoms with Gasteiger partial charge in [-0.05, 0) is 84.9 Å². The van der Waals surface area contributed by atoms with E-state index in [1.54, 1.807) is 12.1 Å². The molecule has 1 aromatic heterocycles. The zero-order valence-electron chi connectivity index (χ0n) is 17.2. The van der Waals surface area contributed by atoms with Crippen molar-refractivity contribution >= 4 is 63.4 Å². The number of rotatable bonds is 6. The molecule has 0 spiro atoms. The summed E-state index contributed by atoms with van der Waals surface area (Å²) in [6, 6.07) is 20.9. The van der Waals surface area contributed by atoms with Gasteiger partial charge in [-0.2, -0.15) is 0 Å². The van der Waals surface area contributed by atoms with Gasteiger partial charge in [0.15, 0.2) is 10.7 Å². The Morgan fingerprint density at radius 2 is 1.84 bits per heavy atom. The first-order valence-corrected chi connectivity index (χ1v) is 11.8. The van der Waals surface area contributed by atoms with E-state index in [4.69, 9.17) is 28.2 Å². The van der Waals surface area contributed by atoms with Crippen molar-refractivity contribution in [1.29, 1.82) is 0 Å². The van der Waals surface area contributed by atoms with Gasteiger partial charge in [0.05, 0.1) is 5.75 Å². The number of benzene rings is 3. The minimum Gasteiger partial charge on any atom is -0.436 e. The Balaban J connectivity index is 1.32. The van der Waals surface area contributed by atoms with E-state index in [-0.39, 0.29) is 16.8 Å². The van der Waals surface area contributed by atoms with Crippen molar-refractivity contribution < 1.29 is 9.21 Å². The van der Waals surface area contributed by atoms with E-state index in [0.717, 1.165) is 33.7 Å². The third-order valence-corrected chi connectivity index (χ3v) is 6.15. The van der Waals surface area contributed by atoms with Gasteiger partial charge in [0, 0.05) is 21.2 Å². The molecule has 1 heterocycles. The minimum absolute atomic E-state index is 0.183. The van der Waals surface area contributed by atoms with Crippen molar-refractivity contribution in [1.82, 2.24) is 10.3 Å². The first-order chi connectivity index (χ1) is 15.5. The van der Waals surface area contributed by atoms with Crippen LogP contribution in [0.25, 0.3) is 22.6 Å². The monoisotopic (exact) mass is 481 g/mol. The standard InChI is InChI=1S/C24H20ClN3O2S2/c1-2-15-3-12-21-20(13-15)27-23(30-21)16-4-8-18(9-5-16)26-24(31)28-22(29)14-32-19-10-6-17(25)7-11-19/h3-13H,2,14H2,1H3,(H2,26,28,29,31). The molecule has 0 saturated heterocycles. The number of carbonyl (C=O) groups excluding carboxylic acids is 1. The fraction of sp³-hybridized carbons (Fsp3) is 0.125. The third kappa shape index (κ3) is 5.68. The molecule has 162 valence electrons. The Morgan fingerprint density at radius 3 is 2.56 bits per heavy atom. The zero-order valence-corrected chi connectivity index (χ0v) is 19.6. The fourth-order valence-corrected chi connectivity index (χ4v) is 4.07. The van der Waals surface area contributed by atoms with Gasteiger partial charge in [-0.15, -0.1) is 11.8 Å². The predicted molar refractivity (Wildman–Crippen MR) is 135 cm³/mol. The number of oxazole rings is 1. The highest BCUT2D eigenvalue weighted by molar-refractivity contribution is 8.00. The van der Waals surface area contributed by atoms with E-state index >= 15 is 0 Å². The lowest BCUT2D eigenvalue weighted by Crippen LogP contribution is -2.35. The van der Waals surface area contributed by atoms with Crippen LogP contribution in [0.1, 0.15) is 12.5 Å². The SMILES string of the molecule is CCc1ccc2oc(-c3ccc(NC(=S)NC(=O)CSc4ccc(Cl)cc4)cc3)nc2c1. The quantitative estimate of drug-likeness (QED) is 0.248. The molecule has 4 rings (SSSR count). The normalized spacial score (nSPS) is 10.8. The molecule has 0 aliphatic carbocycles. The largest absolute Gasteiger partial charge is 0.436 e. The third-order valence-electron chi connectivity index (χ3n) is 4.69. The van der Waals surface area contributed by atoms with Crippen LogP contribution < -0.4 is 10.6 Å². The fourth-order valence-electron chi connectivity index (χ4n) is 3.02. The second-order valence-electron chi connectivity index (χ2n) is 7.00. The molecule has 0 bridgehead atoms. The number of amides is 1. The average Bonchev–Trinajstić information content (AvgIpc) is 3.22. The summed E-state index contributed by atoms with van der Waals surface area (Å²) < 4.78 is 5.87. The van der Waals surface area contributed by atoms with Crippen LogP contribution in [0.15, 0.2) is 76.0 Å². The van der Waals surface area contributed by atoms with E-state index in [9.17, 15) is 4.79 Å². The van der Waals surface area contributed by atoms with Gasteiger partial charge in [0.2, 0.25) is 11.8 Å². The molecule has 0 unspecified atom stereocenters. The number of aromatic nitrogens is 1. The van der Waals surface area contributed by atoms with Crippen LogP contribution >= 0.6 is 35.6 Å². The number of anilines is 1. The number of thiocarbonyl (C=S) groups is 1. The Labute approximate surface area is 200 Å². The first-order valence-electron chi connectivity index (χ1n) is 9.99. The van der Waals surface area contributed by atoms with E-state index in [1.807, 2.05) is 54.6 Å². The summed E-state index contributed by atoms with van der Waals surface area (Å²) >= 11 is 12.5. The van der Waals surface area contributed by atoms with Gasteiger partial charge < -0.3 is 15.1 Å². The first kappa shape index (κ1) is 22.3. The van der Waals surface area contributed by atoms with Gasteiger partial charge in [-0.3, -0.25) is 4.79 Å². The smallest absolute Gasteiger partial charge is 0.236 e. The lowest BCUT2D eigenvalue weighted by atomic mass is 10.1. The maximum absolute atomic E-state index is 12.1. The van der Waals surface area contributed by atoms with Crippen molar-refractivity contribution in [2.24, 2.45) is 0 Å². The second kappa shape index (κ2) is 10.2. The molecule has 0 radical (unpaired) electrons. The Kier molecular flexibility index (Phi) is 7.09. The highest BCUT2D eigenvalue weighted by atomic mass is 35.5. The molecule has 0 aliphatic heterocycles. The summed E-state index contributed by atoms with van der Waals surface area (Å²) in [6.07, 6.45) is 0.953. The molecule has 5 nitrogen and oxygen atoms in total.